The number of aryl methyl sites for hydroxylation is 1. The van der Waals surface area contributed by atoms with Gasteiger partial charge < -0.3 is 22.1 Å². The fourth-order valence-electron chi connectivity index (χ4n) is 3.52. The lowest BCUT2D eigenvalue weighted by molar-refractivity contribution is -0.139. The molecule has 1 aromatic rings. The number of amides is 2. The summed E-state index contributed by atoms with van der Waals surface area (Å²) in [7, 11) is 0. The molecule has 0 aliphatic carbocycles. The third-order valence-electron chi connectivity index (χ3n) is 4.94. The minimum atomic E-state index is -4.65. The van der Waals surface area contributed by atoms with Crippen molar-refractivity contribution in [3.05, 3.63) is 34.4 Å². The highest BCUT2D eigenvalue weighted by Gasteiger charge is 2.38. The van der Waals surface area contributed by atoms with Crippen LogP contribution in [-0.4, -0.2) is 41.3 Å². The molecule has 10 heteroatoms. The van der Waals surface area contributed by atoms with Crippen molar-refractivity contribution in [2.24, 2.45) is 22.2 Å². The molecule has 29 heavy (non-hydrogen) atoms. The fraction of sp³-hybridized carbons (Fsp3) is 0.526. The summed E-state index contributed by atoms with van der Waals surface area (Å²) in [5.74, 6) is -2.08. The number of hydrogen-bond donors (Lipinski definition) is 3. The summed E-state index contributed by atoms with van der Waals surface area (Å²) in [5.41, 5.74) is 14.5. The SMILES string of the molecule is Cc1cc(C2CCN(C(=O)C(C)(C)N)CC2)c(C(F)(F)F)cc1C(=O)N=C(N)N. The molecule has 7 nitrogen and oxygen atoms in total. The van der Waals surface area contributed by atoms with E-state index in [1.807, 2.05) is 0 Å². The predicted octanol–water partition coefficient (Wildman–Crippen LogP) is 1.87. The van der Waals surface area contributed by atoms with E-state index in [0.29, 0.717) is 31.5 Å². The molecule has 0 saturated carbocycles. The molecule has 1 aliphatic rings. The van der Waals surface area contributed by atoms with Gasteiger partial charge in [-0.15, -0.1) is 0 Å². The Morgan fingerprint density at radius 1 is 1.14 bits per heavy atom. The standard InChI is InChI=1S/C19H26F3N5O2/c1-10-8-13(11-4-6-27(7-5-11)16(29)18(2,3)25)14(19(20,21)22)9-12(10)15(28)26-17(23)24/h8-9,11H,4-7,25H2,1-3H3,(H4,23,24,26,28). The number of carbonyl (C=O) groups is 2. The Morgan fingerprint density at radius 3 is 2.14 bits per heavy atom. The number of rotatable bonds is 3. The van der Waals surface area contributed by atoms with Gasteiger partial charge in [-0.05, 0) is 56.7 Å². The average molecular weight is 413 g/mol. The molecule has 0 radical (unpaired) electrons. The summed E-state index contributed by atoms with van der Waals surface area (Å²) in [4.78, 5) is 29.3. The monoisotopic (exact) mass is 413 g/mol. The normalized spacial score (nSPS) is 15.9. The Balaban J connectivity index is 2.36. The van der Waals surface area contributed by atoms with Crippen LogP contribution in [0.3, 0.4) is 0 Å². The number of guanidine groups is 1. The lowest BCUT2D eigenvalue weighted by Gasteiger charge is -2.36. The van der Waals surface area contributed by atoms with Gasteiger partial charge >= 0.3 is 6.18 Å². The summed E-state index contributed by atoms with van der Waals surface area (Å²) in [6.07, 6.45) is -3.92. The largest absolute Gasteiger partial charge is 0.416 e. The maximum absolute atomic E-state index is 13.7. The average Bonchev–Trinajstić information content (AvgIpc) is 2.58. The Morgan fingerprint density at radius 2 is 1.69 bits per heavy atom. The van der Waals surface area contributed by atoms with Gasteiger partial charge in [-0.25, -0.2) is 0 Å². The van der Waals surface area contributed by atoms with Crippen molar-refractivity contribution in [3.63, 3.8) is 0 Å². The second-order valence-corrected chi connectivity index (χ2v) is 7.88. The van der Waals surface area contributed by atoms with E-state index in [1.54, 1.807) is 18.7 Å². The third-order valence-corrected chi connectivity index (χ3v) is 4.94. The summed E-state index contributed by atoms with van der Waals surface area (Å²) < 4.78 is 41.2. The van der Waals surface area contributed by atoms with Crippen LogP contribution >= 0.6 is 0 Å². The lowest BCUT2D eigenvalue weighted by atomic mass is 9.83. The predicted molar refractivity (Wildman–Crippen MR) is 103 cm³/mol. The van der Waals surface area contributed by atoms with Gasteiger partial charge in [0.1, 0.15) is 0 Å². The molecule has 1 aromatic carbocycles. The number of carbonyl (C=O) groups excluding carboxylic acids is 2. The first-order valence-corrected chi connectivity index (χ1v) is 9.15. The summed E-state index contributed by atoms with van der Waals surface area (Å²) in [6, 6.07) is 2.17. The molecule has 2 amide bonds. The Hall–Kier alpha value is -2.62. The van der Waals surface area contributed by atoms with E-state index in [1.165, 1.54) is 13.0 Å². The second kappa shape index (κ2) is 8.02. The van der Waals surface area contributed by atoms with Crippen LogP contribution in [0.4, 0.5) is 13.2 Å². The van der Waals surface area contributed by atoms with Gasteiger partial charge in [0.15, 0.2) is 5.96 Å². The van der Waals surface area contributed by atoms with E-state index in [2.05, 4.69) is 4.99 Å². The quantitative estimate of drug-likeness (QED) is 0.515. The maximum Gasteiger partial charge on any atom is 0.416 e. The zero-order valence-electron chi connectivity index (χ0n) is 16.6. The van der Waals surface area contributed by atoms with Crippen LogP contribution in [0.2, 0.25) is 0 Å². The minimum absolute atomic E-state index is 0.107. The summed E-state index contributed by atoms with van der Waals surface area (Å²) in [5, 5.41) is 0. The molecular formula is C19H26F3N5O2. The highest BCUT2D eigenvalue weighted by atomic mass is 19.4. The van der Waals surface area contributed by atoms with Crippen LogP contribution in [0.15, 0.2) is 17.1 Å². The van der Waals surface area contributed by atoms with Crippen LogP contribution in [0, 0.1) is 6.92 Å². The zero-order chi connectivity index (χ0) is 22.1. The second-order valence-electron chi connectivity index (χ2n) is 7.88. The van der Waals surface area contributed by atoms with Crippen molar-refractivity contribution < 1.29 is 22.8 Å². The van der Waals surface area contributed by atoms with Crippen LogP contribution in [0.1, 0.15) is 59.7 Å². The third kappa shape index (κ3) is 5.26. The van der Waals surface area contributed by atoms with Gasteiger partial charge in [-0.3, -0.25) is 9.59 Å². The Labute approximate surface area is 167 Å². The molecular weight excluding hydrogens is 387 g/mol. The molecule has 0 aromatic heterocycles. The van der Waals surface area contributed by atoms with E-state index >= 15 is 0 Å². The highest BCUT2D eigenvalue weighted by Crippen LogP contribution is 2.40. The number of nitrogens with two attached hydrogens (primary N) is 3. The van der Waals surface area contributed by atoms with Gasteiger partial charge in [0.2, 0.25) is 5.91 Å². The van der Waals surface area contributed by atoms with Gasteiger partial charge in [0, 0.05) is 18.7 Å². The molecule has 1 heterocycles. The van der Waals surface area contributed by atoms with Crippen molar-refractivity contribution in [1.82, 2.24) is 4.90 Å². The smallest absolute Gasteiger partial charge is 0.370 e. The topological polar surface area (TPSA) is 128 Å². The van der Waals surface area contributed by atoms with E-state index < -0.39 is 35.1 Å². The van der Waals surface area contributed by atoms with Gasteiger partial charge in [0.05, 0.1) is 11.1 Å². The molecule has 0 unspecified atom stereocenters. The van der Waals surface area contributed by atoms with Gasteiger partial charge in [0.25, 0.3) is 5.91 Å². The number of aliphatic imine (C=N–C) groups is 1. The molecule has 160 valence electrons. The van der Waals surface area contributed by atoms with Crippen molar-refractivity contribution >= 4 is 17.8 Å². The molecule has 0 spiro atoms. The van der Waals surface area contributed by atoms with Crippen LogP contribution < -0.4 is 17.2 Å². The summed E-state index contributed by atoms with van der Waals surface area (Å²) in [6.45, 7) is 5.36. The molecule has 0 atom stereocenters. The van der Waals surface area contributed by atoms with Gasteiger partial charge in [-0.2, -0.15) is 18.2 Å². The van der Waals surface area contributed by atoms with Crippen LogP contribution in [0.25, 0.3) is 0 Å². The van der Waals surface area contributed by atoms with Crippen LogP contribution in [0.5, 0.6) is 0 Å². The maximum atomic E-state index is 13.7. The van der Waals surface area contributed by atoms with E-state index in [-0.39, 0.29) is 17.0 Å². The summed E-state index contributed by atoms with van der Waals surface area (Å²) >= 11 is 0. The Kier molecular flexibility index (Phi) is 6.27. The molecule has 2 rings (SSSR count). The van der Waals surface area contributed by atoms with E-state index in [4.69, 9.17) is 17.2 Å². The van der Waals surface area contributed by atoms with Crippen molar-refractivity contribution in [2.45, 2.75) is 51.2 Å². The molecule has 0 bridgehead atoms. The molecule has 1 aliphatic heterocycles. The van der Waals surface area contributed by atoms with Crippen LogP contribution in [-0.2, 0) is 11.0 Å². The zero-order valence-corrected chi connectivity index (χ0v) is 16.6. The lowest BCUT2D eigenvalue weighted by Crippen LogP contribution is -2.53. The number of nitrogens with zero attached hydrogens (tertiary/aromatic N) is 2. The minimum Gasteiger partial charge on any atom is -0.370 e. The van der Waals surface area contributed by atoms with Gasteiger partial charge in [-0.1, -0.05) is 6.07 Å². The van der Waals surface area contributed by atoms with E-state index in [9.17, 15) is 22.8 Å². The van der Waals surface area contributed by atoms with E-state index in [0.717, 1.165) is 6.07 Å². The number of likely N-dealkylation sites (tertiary alicyclic amines) is 1. The van der Waals surface area contributed by atoms with Crippen molar-refractivity contribution in [2.75, 3.05) is 13.1 Å². The number of benzene rings is 1. The first-order valence-electron chi connectivity index (χ1n) is 9.15. The number of hydrogen-bond acceptors (Lipinski definition) is 3. The first kappa shape index (κ1) is 22.7. The van der Waals surface area contributed by atoms with Crippen molar-refractivity contribution in [3.8, 4) is 0 Å². The Bertz CT molecular complexity index is 831. The number of piperidine rings is 1. The molecule has 1 fully saturated rings. The number of halogens is 3. The first-order chi connectivity index (χ1) is 13.2. The fourth-order valence-corrected chi connectivity index (χ4v) is 3.52. The molecule has 1 saturated heterocycles. The molecule has 6 N–H and O–H groups in total. The highest BCUT2D eigenvalue weighted by molar-refractivity contribution is 6.03. The number of alkyl halides is 3. The van der Waals surface area contributed by atoms with Crippen molar-refractivity contribution in [1.29, 1.82) is 0 Å².